The Morgan fingerprint density at radius 3 is 2.33 bits per heavy atom. The Labute approximate surface area is 130 Å². The van der Waals surface area contributed by atoms with Gasteiger partial charge in [0.2, 0.25) is 0 Å². The van der Waals surface area contributed by atoms with E-state index in [1.54, 1.807) is 0 Å². The molecular formula is C19H32N2. The summed E-state index contributed by atoms with van der Waals surface area (Å²) in [7, 11) is 2.28. The third-order valence-corrected chi connectivity index (χ3v) is 4.64. The van der Waals surface area contributed by atoms with Gasteiger partial charge in [0.1, 0.15) is 0 Å². The highest BCUT2D eigenvalue weighted by Gasteiger charge is 2.19. The Morgan fingerprint density at radius 1 is 1.14 bits per heavy atom. The van der Waals surface area contributed by atoms with Crippen LogP contribution < -0.4 is 5.32 Å². The van der Waals surface area contributed by atoms with Crippen LogP contribution in [0.3, 0.4) is 0 Å². The number of benzene rings is 1. The van der Waals surface area contributed by atoms with Crippen molar-refractivity contribution in [3.8, 4) is 0 Å². The molecule has 0 heterocycles. The quantitative estimate of drug-likeness (QED) is 0.813. The summed E-state index contributed by atoms with van der Waals surface area (Å²) < 4.78 is 0. The lowest BCUT2D eigenvalue weighted by Gasteiger charge is -2.27. The molecule has 0 amide bonds. The molecule has 0 bridgehead atoms. The Morgan fingerprint density at radius 2 is 1.76 bits per heavy atom. The SMILES string of the molecule is CCNC(CN(C)CC1CCCC1)c1cc(C)cc(C)c1. The second-order valence-electron chi connectivity index (χ2n) is 6.90. The highest BCUT2D eigenvalue weighted by molar-refractivity contribution is 5.30. The molecule has 0 aliphatic heterocycles. The van der Waals surface area contributed by atoms with E-state index in [1.165, 1.54) is 48.9 Å². The predicted molar refractivity (Wildman–Crippen MR) is 91.8 cm³/mol. The molecule has 1 N–H and O–H groups in total. The summed E-state index contributed by atoms with van der Waals surface area (Å²) in [5.74, 6) is 0.927. The minimum atomic E-state index is 0.444. The molecule has 1 saturated carbocycles. The van der Waals surface area contributed by atoms with Crippen molar-refractivity contribution in [2.24, 2.45) is 5.92 Å². The number of rotatable bonds is 7. The van der Waals surface area contributed by atoms with Crippen LogP contribution in [0.1, 0.15) is 55.3 Å². The van der Waals surface area contributed by atoms with Crippen LogP contribution in [0.15, 0.2) is 18.2 Å². The van der Waals surface area contributed by atoms with Gasteiger partial charge in [0.25, 0.3) is 0 Å². The number of aryl methyl sites for hydroxylation is 2. The van der Waals surface area contributed by atoms with Crippen LogP contribution in [0.4, 0.5) is 0 Å². The summed E-state index contributed by atoms with van der Waals surface area (Å²) in [6, 6.07) is 7.38. The zero-order chi connectivity index (χ0) is 15.2. The van der Waals surface area contributed by atoms with Crippen LogP contribution >= 0.6 is 0 Å². The molecular weight excluding hydrogens is 256 g/mol. The Bertz CT molecular complexity index is 415. The summed E-state index contributed by atoms with van der Waals surface area (Å²) in [6.45, 7) is 9.98. The van der Waals surface area contributed by atoms with Gasteiger partial charge >= 0.3 is 0 Å². The molecule has 1 aliphatic carbocycles. The third kappa shape index (κ3) is 5.12. The maximum atomic E-state index is 3.67. The Balaban J connectivity index is 2.00. The predicted octanol–water partition coefficient (Wildman–Crippen LogP) is 4.08. The zero-order valence-electron chi connectivity index (χ0n) is 14.3. The smallest absolute Gasteiger partial charge is 0.0449 e. The molecule has 0 radical (unpaired) electrons. The van der Waals surface area contributed by atoms with E-state index >= 15 is 0 Å². The average molecular weight is 288 g/mol. The van der Waals surface area contributed by atoms with Gasteiger partial charge in [0, 0.05) is 19.1 Å². The highest BCUT2D eigenvalue weighted by Crippen LogP contribution is 2.26. The van der Waals surface area contributed by atoms with Gasteiger partial charge in [-0.1, -0.05) is 49.1 Å². The van der Waals surface area contributed by atoms with E-state index in [-0.39, 0.29) is 0 Å². The van der Waals surface area contributed by atoms with E-state index in [1.807, 2.05) is 0 Å². The standard InChI is InChI=1S/C19H32N2/c1-5-20-19(18-11-15(2)10-16(3)12-18)14-21(4)13-17-8-6-7-9-17/h10-12,17,19-20H,5-9,13-14H2,1-4H3. The van der Waals surface area contributed by atoms with Crippen LogP contribution in [0.2, 0.25) is 0 Å². The summed E-state index contributed by atoms with van der Waals surface area (Å²) >= 11 is 0. The first kappa shape index (κ1) is 16.5. The molecule has 0 spiro atoms. The van der Waals surface area contributed by atoms with E-state index in [9.17, 15) is 0 Å². The van der Waals surface area contributed by atoms with E-state index in [0.717, 1.165) is 19.0 Å². The van der Waals surface area contributed by atoms with E-state index in [2.05, 4.69) is 56.2 Å². The summed E-state index contributed by atoms with van der Waals surface area (Å²) in [4.78, 5) is 2.53. The molecule has 2 heteroatoms. The first-order valence-electron chi connectivity index (χ1n) is 8.58. The van der Waals surface area contributed by atoms with Gasteiger partial charge in [-0.25, -0.2) is 0 Å². The molecule has 1 aromatic carbocycles. The van der Waals surface area contributed by atoms with E-state index in [0.29, 0.717) is 6.04 Å². The fourth-order valence-corrected chi connectivity index (χ4v) is 3.77. The van der Waals surface area contributed by atoms with Gasteiger partial charge in [0.15, 0.2) is 0 Å². The zero-order valence-corrected chi connectivity index (χ0v) is 14.3. The molecule has 2 rings (SSSR count). The maximum Gasteiger partial charge on any atom is 0.0449 e. The van der Waals surface area contributed by atoms with Crippen LogP contribution in [-0.2, 0) is 0 Å². The molecule has 1 atom stereocenters. The van der Waals surface area contributed by atoms with Crippen molar-refractivity contribution in [1.82, 2.24) is 10.2 Å². The van der Waals surface area contributed by atoms with E-state index in [4.69, 9.17) is 0 Å². The molecule has 1 aromatic rings. The normalized spacial score (nSPS) is 17.6. The van der Waals surface area contributed by atoms with Crippen molar-refractivity contribution in [1.29, 1.82) is 0 Å². The third-order valence-electron chi connectivity index (χ3n) is 4.64. The lowest BCUT2D eigenvalue weighted by atomic mass is 10.00. The summed E-state index contributed by atoms with van der Waals surface area (Å²) in [5, 5.41) is 3.67. The first-order valence-corrected chi connectivity index (χ1v) is 8.58. The summed E-state index contributed by atoms with van der Waals surface area (Å²) in [5.41, 5.74) is 4.17. The number of nitrogens with one attached hydrogen (secondary N) is 1. The minimum Gasteiger partial charge on any atom is -0.309 e. The maximum absolute atomic E-state index is 3.67. The molecule has 0 aromatic heterocycles. The molecule has 0 saturated heterocycles. The fraction of sp³-hybridized carbons (Fsp3) is 0.684. The second-order valence-corrected chi connectivity index (χ2v) is 6.90. The Hall–Kier alpha value is -0.860. The summed E-state index contributed by atoms with van der Waals surface area (Å²) in [6.07, 6.45) is 5.73. The van der Waals surface area contributed by atoms with Gasteiger partial charge in [-0.15, -0.1) is 0 Å². The topological polar surface area (TPSA) is 15.3 Å². The van der Waals surface area contributed by atoms with Crippen LogP contribution in [-0.4, -0.2) is 31.6 Å². The molecule has 1 aliphatic rings. The lowest BCUT2D eigenvalue weighted by Crippen LogP contribution is -2.35. The average Bonchev–Trinajstić information content (AvgIpc) is 2.89. The van der Waals surface area contributed by atoms with Crippen molar-refractivity contribution < 1.29 is 0 Å². The number of hydrogen-bond donors (Lipinski definition) is 1. The van der Waals surface area contributed by atoms with Crippen molar-refractivity contribution in [3.63, 3.8) is 0 Å². The van der Waals surface area contributed by atoms with Crippen LogP contribution in [0.25, 0.3) is 0 Å². The molecule has 21 heavy (non-hydrogen) atoms. The number of nitrogens with zero attached hydrogens (tertiary/aromatic N) is 1. The first-order chi connectivity index (χ1) is 10.1. The van der Waals surface area contributed by atoms with Crippen molar-refractivity contribution in [2.45, 2.75) is 52.5 Å². The van der Waals surface area contributed by atoms with Gasteiger partial charge in [-0.05, 0) is 51.8 Å². The monoisotopic (exact) mass is 288 g/mol. The van der Waals surface area contributed by atoms with Crippen molar-refractivity contribution >= 4 is 0 Å². The van der Waals surface area contributed by atoms with Gasteiger partial charge in [-0.3, -0.25) is 0 Å². The van der Waals surface area contributed by atoms with Crippen molar-refractivity contribution in [2.75, 3.05) is 26.7 Å². The Kier molecular flexibility index (Phi) is 6.25. The number of hydrogen-bond acceptors (Lipinski definition) is 2. The molecule has 1 unspecified atom stereocenters. The fourth-order valence-electron chi connectivity index (χ4n) is 3.77. The van der Waals surface area contributed by atoms with Crippen molar-refractivity contribution in [3.05, 3.63) is 34.9 Å². The molecule has 118 valence electrons. The van der Waals surface area contributed by atoms with Crippen LogP contribution in [0, 0.1) is 19.8 Å². The highest BCUT2D eigenvalue weighted by atomic mass is 15.1. The van der Waals surface area contributed by atoms with Gasteiger partial charge < -0.3 is 10.2 Å². The molecule has 1 fully saturated rings. The lowest BCUT2D eigenvalue weighted by molar-refractivity contribution is 0.250. The van der Waals surface area contributed by atoms with Crippen LogP contribution in [0.5, 0.6) is 0 Å². The largest absolute Gasteiger partial charge is 0.309 e. The molecule has 2 nitrogen and oxygen atoms in total. The minimum absolute atomic E-state index is 0.444. The van der Waals surface area contributed by atoms with E-state index < -0.39 is 0 Å². The van der Waals surface area contributed by atoms with Gasteiger partial charge in [0.05, 0.1) is 0 Å². The van der Waals surface area contributed by atoms with Gasteiger partial charge in [-0.2, -0.15) is 0 Å². The number of likely N-dealkylation sites (N-methyl/N-ethyl adjacent to an activating group) is 2. The second kappa shape index (κ2) is 7.95.